The molecular formula is C16H26N2O. The van der Waals surface area contributed by atoms with Crippen LogP contribution in [0.2, 0.25) is 0 Å². The van der Waals surface area contributed by atoms with Crippen molar-refractivity contribution in [1.82, 2.24) is 0 Å². The third-order valence-corrected chi connectivity index (χ3v) is 3.17. The number of hydrogen-bond acceptors (Lipinski definition) is 2. The van der Waals surface area contributed by atoms with Gasteiger partial charge in [0.1, 0.15) is 5.75 Å². The molecule has 0 unspecified atom stereocenters. The molecule has 0 bridgehead atoms. The Hall–Kier alpha value is -1.51. The third kappa shape index (κ3) is 3.72. The molecule has 0 aromatic heterocycles. The molecule has 3 heteroatoms. The van der Waals surface area contributed by atoms with Crippen LogP contribution in [0.25, 0.3) is 0 Å². The van der Waals surface area contributed by atoms with Gasteiger partial charge < -0.3 is 10.8 Å². The number of phenols is 1. The first-order chi connectivity index (χ1) is 8.57. The first-order valence-corrected chi connectivity index (χ1v) is 6.64. The predicted molar refractivity (Wildman–Crippen MR) is 81.9 cm³/mol. The van der Waals surface area contributed by atoms with Crippen molar-refractivity contribution < 1.29 is 5.11 Å². The molecule has 0 aliphatic rings. The largest absolute Gasteiger partial charge is 0.507 e. The minimum absolute atomic E-state index is 0.105. The zero-order valence-electron chi connectivity index (χ0n) is 12.9. The number of nitrogens with zero attached hydrogens (tertiary/aromatic N) is 1. The van der Waals surface area contributed by atoms with Gasteiger partial charge in [0, 0.05) is 0 Å². The summed E-state index contributed by atoms with van der Waals surface area (Å²) in [6.07, 6.45) is 1.32. The zero-order valence-corrected chi connectivity index (χ0v) is 12.9. The number of phenolic OH excluding ortho intramolecular Hbond substituents is 1. The summed E-state index contributed by atoms with van der Waals surface area (Å²) in [6.45, 7) is 13.2. The van der Waals surface area contributed by atoms with Gasteiger partial charge in [0.15, 0.2) is 0 Å². The van der Waals surface area contributed by atoms with Crippen molar-refractivity contribution in [2.75, 3.05) is 0 Å². The van der Waals surface area contributed by atoms with Gasteiger partial charge in [0.2, 0.25) is 0 Å². The molecule has 0 fully saturated rings. The molecule has 1 aromatic rings. The Morgan fingerprint density at radius 2 is 1.47 bits per heavy atom. The fourth-order valence-electron chi connectivity index (χ4n) is 2.09. The molecule has 0 aliphatic carbocycles. The summed E-state index contributed by atoms with van der Waals surface area (Å²) < 4.78 is 0. The lowest BCUT2D eigenvalue weighted by Gasteiger charge is -2.28. The van der Waals surface area contributed by atoms with E-state index in [1.54, 1.807) is 0 Å². The average molecular weight is 262 g/mol. The van der Waals surface area contributed by atoms with Crippen LogP contribution in [0.1, 0.15) is 58.2 Å². The average Bonchev–Trinajstić information content (AvgIpc) is 2.24. The fraction of sp³-hybridized carbons (Fsp3) is 0.562. The van der Waals surface area contributed by atoms with E-state index < -0.39 is 0 Å². The van der Waals surface area contributed by atoms with Crippen LogP contribution in [0.3, 0.4) is 0 Å². The second-order valence-corrected chi connectivity index (χ2v) is 7.03. The number of aromatic hydroxyl groups is 1. The van der Waals surface area contributed by atoms with E-state index >= 15 is 0 Å². The molecule has 3 N–H and O–H groups in total. The molecule has 0 saturated heterocycles. The first-order valence-electron chi connectivity index (χ1n) is 6.64. The summed E-state index contributed by atoms with van der Waals surface area (Å²) in [6, 6.07) is 4.05. The van der Waals surface area contributed by atoms with E-state index in [9.17, 15) is 5.11 Å². The minimum Gasteiger partial charge on any atom is -0.507 e. The maximum Gasteiger partial charge on any atom is 0.123 e. The molecular weight excluding hydrogens is 236 g/mol. The van der Waals surface area contributed by atoms with Crippen LogP contribution >= 0.6 is 0 Å². The molecule has 0 aliphatic heterocycles. The van der Waals surface area contributed by atoms with Crippen molar-refractivity contribution in [2.24, 2.45) is 10.7 Å². The standard InChI is InChI=1S/C16H26N2O/c1-15(2,3)12-7-11(9-18-10-17)8-13(14(12)19)16(4,5)6/h7-8,10,19H,9H2,1-6H3,(H2,17,18). The van der Waals surface area contributed by atoms with Crippen LogP contribution in [-0.2, 0) is 17.4 Å². The van der Waals surface area contributed by atoms with Crippen molar-refractivity contribution in [3.63, 3.8) is 0 Å². The third-order valence-electron chi connectivity index (χ3n) is 3.17. The SMILES string of the molecule is CC(C)(C)c1cc(CN=CN)cc(C(C)(C)C)c1O. The van der Waals surface area contributed by atoms with Gasteiger partial charge in [-0.3, -0.25) is 4.99 Å². The molecule has 0 spiro atoms. The number of nitrogens with two attached hydrogens (primary N) is 1. The van der Waals surface area contributed by atoms with Gasteiger partial charge in [0.25, 0.3) is 0 Å². The van der Waals surface area contributed by atoms with Gasteiger partial charge in [-0.25, -0.2) is 0 Å². The van der Waals surface area contributed by atoms with Crippen molar-refractivity contribution in [1.29, 1.82) is 0 Å². The summed E-state index contributed by atoms with van der Waals surface area (Å²) >= 11 is 0. The van der Waals surface area contributed by atoms with Crippen LogP contribution in [0, 0.1) is 0 Å². The van der Waals surface area contributed by atoms with Crippen LogP contribution in [0.4, 0.5) is 0 Å². The maximum atomic E-state index is 10.5. The number of hydrogen-bond donors (Lipinski definition) is 2. The lowest BCUT2D eigenvalue weighted by atomic mass is 9.78. The van der Waals surface area contributed by atoms with E-state index in [1.165, 1.54) is 6.34 Å². The zero-order chi connectivity index (χ0) is 14.8. The highest BCUT2D eigenvalue weighted by atomic mass is 16.3. The Morgan fingerprint density at radius 3 is 1.79 bits per heavy atom. The van der Waals surface area contributed by atoms with Crippen LogP contribution in [0.5, 0.6) is 5.75 Å². The fourth-order valence-corrected chi connectivity index (χ4v) is 2.09. The molecule has 1 rings (SSSR count). The van der Waals surface area contributed by atoms with Crippen molar-refractivity contribution in [2.45, 2.75) is 58.9 Å². The van der Waals surface area contributed by atoms with E-state index in [0.717, 1.165) is 16.7 Å². The summed E-state index contributed by atoms with van der Waals surface area (Å²) in [5, 5.41) is 10.5. The van der Waals surface area contributed by atoms with Gasteiger partial charge in [-0.05, 0) is 39.7 Å². The van der Waals surface area contributed by atoms with Crippen LogP contribution in [-0.4, -0.2) is 11.4 Å². The number of benzene rings is 1. The Balaban J connectivity index is 3.47. The second kappa shape index (κ2) is 5.24. The Kier molecular flexibility index (Phi) is 4.28. The number of aliphatic imine (C=N–C) groups is 1. The summed E-state index contributed by atoms with van der Waals surface area (Å²) in [4.78, 5) is 4.09. The van der Waals surface area contributed by atoms with E-state index in [0.29, 0.717) is 12.3 Å². The maximum absolute atomic E-state index is 10.5. The quantitative estimate of drug-likeness (QED) is 0.633. The minimum atomic E-state index is -0.105. The van der Waals surface area contributed by atoms with E-state index in [2.05, 4.69) is 46.5 Å². The van der Waals surface area contributed by atoms with Gasteiger partial charge in [-0.1, -0.05) is 41.5 Å². The van der Waals surface area contributed by atoms with Gasteiger partial charge in [-0.15, -0.1) is 0 Å². The molecule has 3 nitrogen and oxygen atoms in total. The van der Waals surface area contributed by atoms with Crippen molar-refractivity contribution in [3.8, 4) is 5.75 Å². The highest BCUT2D eigenvalue weighted by molar-refractivity contribution is 5.53. The molecule has 19 heavy (non-hydrogen) atoms. The molecule has 1 aromatic carbocycles. The topological polar surface area (TPSA) is 58.6 Å². The Labute approximate surface area is 116 Å². The smallest absolute Gasteiger partial charge is 0.123 e. The molecule has 0 atom stereocenters. The molecule has 0 amide bonds. The van der Waals surface area contributed by atoms with Gasteiger partial charge in [0.05, 0.1) is 12.9 Å². The van der Waals surface area contributed by atoms with Crippen LogP contribution < -0.4 is 5.73 Å². The molecule has 0 saturated carbocycles. The van der Waals surface area contributed by atoms with Crippen molar-refractivity contribution in [3.05, 3.63) is 28.8 Å². The first kappa shape index (κ1) is 15.5. The van der Waals surface area contributed by atoms with E-state index in [4.69, 9.17) is 5.73 Å². The van der Waals surface area contributed by atoms with Gasteiger partial charge in [-0.2, -0.15) is 0 Å². The summed E-state index contributed by atoms with van der Waals surface area (Å²) in [5.41, 5.74) is 8.10. The van der Waals surface area contributed by atoms with E-state index in [1.807, 2.05) is 12.1 Å². The summed E-state index contributed by atoms with van der Waals surface area (Å²) in [7, 11) is 0. The monoisotopic (exact) mass is 262 g/mol. The highest BCUT2D eigenvalue weighted by Gasteiger charge is 2.26. The predicted octanol–water partition coefficient (Wildman–Crippen LogP) is 3.47. The normalized spacial score (nSPS) is 13.2. The Morgan fingerprint density at radius 1 is 1.05 bits per heavy atom. The molecule has 0 radical (unpaired) electrons. The van der Waals surface area contributed by atoms with E-state index in [-0.39, 0.29) is 10.8 Å². The number of rotatable bonds is 2. The van der Waals surface area contributed by atoms with Crippen LogP contribution in [0.15, 0.2) is 17.1 Å². The van der Waals surface area contributed by atoms with Gasteiger partial charge >= 0.3 is 0 Å². The highest BCUT2D eigenvalue weighted by Crippen LogP contribution is 2.39. The lowest BCUT2D eigenvalue weighted by molar-refractivity contribution is 0.422. The Bertz CT molecular complexity index is 441. The second-order valence-electron chi connectivity index (χ2n) is 7.03. The molecule has 0 heterocycles. The lowest BCUT2D eigenvalue weighted by Crippen LogP contribution is -2.17. The summed E-state index contributed by atoms with van der Waals surface area (Å²) in [5.74, 6) is 0.403. The molecule has 106 valence electrons. The van der Waals surface area contributed by atoms with Crippen molar-refractivity contribution >= 4 is 6.34 Å².